The van der Waals surface area contributed by atoms with Crippen molar-refractivity contribution >= 4 is 40.6 Å². The zero-order valence-electron chi connectivity index (χ0n) is 19.9. The maximum atomic E-state index is 12.9. The number of hydrogen-bond acceptors (Lipinski definition) is 4. The van der Waals surface area contributed by atoms with E-state index in [-0.39, 0.29) is 5.91 Å². The Bertz CT molecular complexity index is 1210. The number of hydrogen-bond donors (Lipinski definition) is 3. The molecule has 1 fully saturated rings. The first-order chi connectivity index (χ1) is 16.9. The number of anilines is 3. The monoisotopic (exact) mass is 492 g/mol. The number of amides is 3. The summed E-state index contributed by atoms with van der Waals surface area (Å²) in [5.41, 5.74) is 4.41. The van der Waals surface area contributed by atoms with Crippen molar-refractivity contribution < 1.29 is 14.3 Å². The average molecular weight is 493 g/mol. The van der Waals surface area contributed by atoms with Crippen LogP contribution in [0.1, 0.15) is 34.3 Å². The van der Waals surface area contributed by atoms with Crippen molar-refractivity contribution in [3.8, 4) is 5.75 Å². The normalized spacial score (nSPS) is 12.8. The minimum absolute atomic E-state index is 0.223. The molecule has 3 aromatic carbocycles. The highest BCUT2D eigenvalue weighted by Gasteiger charge is 2.19. The Kier molecular flexibility index (Phi) is 7.77. The summed E-state index contributed by atoms with van der Waals surface area (Å²) in [7, 11) is 1.61. The number of nitrogens with zero attached hydrogens (tertiary/aromatic N) is 1. The molecule has 0 saturated carbocycles. The van der Waals surface area contributed by atoms with Gasteiger partial charge in [-0.15, -0.1) is 0 Å². The van der Waals surface area contributed by atoms with E-state index in [9.17, 15) is 9.59 Å². The molecule has 7 nitrogen and oxygen atoms in total. The molecule has 3 N–H and O–H groups in total. The van der Waals surface area contributed by atoms with Crippen LogP contribution in [0.15, 0.2) is 60.7 Å². The molecule has 182 valence electrons. The zero-order chi connectivity index (χ0) is 24.8. The standard InChI is InChI=1S/C27H29ClN4O3/c1-18-5-11-23(22(28)15-18)30-27(34)31-24-16-20(8-12-25(24)32-13-3-4-14-32)26(33)29-17-19-6-9-21(35-2)10-7-19/h5-12,15-16H,3-4,13-14,17H2,1-2H3,(H,29,33)(H2,30,31,34). The highest BCUT2D eigenvalue weighted by atomic mass is 35.5. The van der Waals surface area contributed by atoms with Crippen molar-refractivity contribution in [1.29, 1.82) is 0 Å². The van der Waals surface area contributed by atoms with Gasteiger partial charge in [-0.2, -0.15) is 0 Å². The summed E-state index contributed by atoms with van der Waals surface area (Å²) in [6, 6.07) is 17.9. The Balaban J connectivity index is 1.49. The quantitative estimate of drug-likeness (QED) is 0.387. The van der Waals surface area contributed by atoms with Crippen LogP contribution in [0.3, 0.4) is 0 Å². The van der Waals surface area contributed by atoms with Crippen molar-refractivity contribution in [2.75, 3.05) is 35.7 Å². The second-order valence-electron chi connectivity index (χ2n) is 8.52. The third-order valence-corrected chi connectivity index (χ3v) is 6.25. The lowest BCUT2D eigenvalue weighted by Gasteiger charge is -2.22. The molecule has 4 rings (SSSR count). The molecule has 8 heteroatoms. The van der Waals surface area contributed by atoms with Crippen LogP contribution in [0.5, 0.6) is 5.75 Å². The number of carbonyl (C=O) groups is 2. The predicted octanol–water partition coefficient (Wildman–Crippen LogP) is 5.83. The summed E-state index contributed by atoms with van der Waals surface area (Å²) in [5, 5.41) is 9.11. The van der Waals surface area contributed by atoms with Crippen LogP contribution in [-0.2, 0) is 6.54 Å². The largest absolute Gasteiger partial charge is 0.497 e. The first-order valence-corrected chi connectivity index (χ1v) is 11.9. The molecule has 0 atom stereocenters. The second kappa shape index (κ2) is 11.1. The first-order valence-electron chi connectivity index (χ1n) is 11.6. The van der Waals surface area contributed by atoms with E-state index < -0.39 is 6.03 Å². The van der Waals surface area contributed by atoms with Gasteiger partial charge in [0, 0.05) is 25.2 Å². The summed E-state index contributed by atoms with van der Waals surface area (Å²) >= 11 is 6.27. The number of benzene rings is 3. The highest BCUT2D eigenvalue weighted by molar-refractivity contribution is 6.33. The first kappa shape index (κ1) is 24.4. The van der Waals surface area contributed by atoms with Crippen LogP contribution in [0.4, 0.5) is 21.9 Å². The van der Waals surface area contributed by atoms with E-state index in [4.69, 9.17) is 16.3 Å². The molecule has 0 spiro atoms. The highest BCUT2D eigenvalue weighted by Crippen LogP contribution is 2.31. The molecular weight excluding hydrogens is 464 g/mol. The summed E-state index contributed by atoms with van der Waals surface area (Å²) < 4.78 is 5.17. The number of halogens is 1. The minimum atomic E-state index is -0.424. The van der Waals surface area contributed by atoms with Crippen LogP contribution in [0.2, 0.25) is 5.02 Å². The van der Waals surface area contributed by atoms with Gasteiger partial charge in [-0.1, -0.05) is 29.8 Å². The molecule has 3 aromatic rings. The fourth-order valence-electron chi connectivity index (χ4n) is 4.04. The number of urea groups is 1. The predicted molar refractivity (Wildman–Crippen MR) is 141 cm³/mol. The third-order valence-electron chi connectivity index (χ3n) is 5.94. The molecule has 0 aromatic heterocycles. The summed E-state index contributed by atoms with van der Waals surface area (Å²) in [4.78, 5) is 27.9. The lowest BCUT2D eigenvalue weighted by molar-refractivity contribution is 0.0951. The van der Waals surface area contributed by atoms with E-state index in [0.717, 1.165) is 48.5 Å². The van der Waals surface area contributed by atoms with Crippen LogP contribution in [0, 0.1) is 6.92 Å². The average Bonchev–Trinajstić information content (AvgIpc) is 3.39. The molecule has 1 aliphatic rings. The molecule has 1 heterocycles. The van der Waals surface area contributed by atoms with E-state index in [1.165, 1.54) is 0 Å². The summed E-state index contributed by atoms with van der Waals surface area (Å²) in [6.07, 6.45) is 2.18. The Hall–Kier alpha value is -3.71. The van der Waals surface area contributed by atoms with Crippen LogP contribution >= 0.6 is 11.6 Å². The molecule has 0 bridgehead atoms. The lowest BCUT2D eigenvalue weighted by Crippen LogP contribution is -2.26. The maximum absolute atomic E-state index is 12.9. The number of aryl methyl sites for hydroxylation is 1. The van der Waals surface area contributed by atoms with E-state index in [1.54, 1.807) is 31.4 Å². The topological polar surface area (TPSA) is 82.7 Å². The van der Waals surface area contributed by atoms with Gasteiger partial charge in [0.15, 0.2) is 0 Å². The van der Waals surface area contributed by atoms with E-state index in [0.29, 0.717) is 28.5 Å². The van der Waals surface area contributed by atoms with Crippen LogP contribution in [-0.4, -0.2) is 32.1 Å². The summed E-state index contributed by atoms with van der Waals surface area (Å²) in [5.74, 6) is 0.539. The van der Waals surface area contributed by atoms with E-state index in [2.05, 4.69) is 20.9 Å². The van der Waals surface area contributed by atoms with Gasteiger partial charge in [-0.3, -0.25) is 4.79 Å². The maximum Gasteiger partial charge on any atom is 0.323 e. The van der Waals surface area contributed by atoms with Gasteiger partial charge in [0.25, 0.3) is 5.91 Å². The van der Waals surface area contributed by atoms with E-state index >= 15 is 0 Å². The molecule has 0 unspecified atom stereocenters. The van der Waals surface area contributed by atoms with Crippen molar-refractivity contribution in [2.24, 2.45) is 0 Å². The fourth-order valence-corrected chi connectivity index (χ4v) is 4.32. The molecular formula is C27H29ClN4O3. The Morgan fingerprint density at radius 2 is 1.66 bits per heavy atom. The van der Waals surface area contributed by atoms with Crippen molar-refractivity contribution in [2.45, 2.75) is 26.3 Å². The lowest BCUT2D eigenvalue weighted by atomic mass is 10.1. The third kappa shape index (κ3) is 6.25. The van der Waals surface area contributed by atoms with Gasteiger partial charge in [-0.25, -0.2) is 4.79 Å². The Morgan fingerprint density at radius 1 is 0.943 bits per heavy atom. The number of carbonyl (C=O) groups excluding carboxylic acids is 2. The molecule has 0 radical (unpaired) electrons. The van der Waals surface area contributed by atoms with Gasteiger partial charge in [0.05, 0.1) is 29.2 Å². The number of ether oxygens (including phenoxy) is 1. The smallest absolute Gasteiger partial charge is 0.323 e. The van der Waals surface area contributed by atoms with Gasteiger partial charge in [0.1, 0.15) is 5.75 Å². The molecule has 35 heavy (non-hydrogen) atoms. The molecule has 1 saturated heterocycles. The van der Waals surface area contributed by atoms with Gasteiger partial charge < -0.3 is 25.6 Å². The van der Waals surface area contributed by atoms with Gasteiger partial charge in [-0.05, 0) is 73.4 Å². The van der Waals surface area contributed by atoms with E-state index in [1.807, 2.05) is 43.3 Å². The molecule has 3 amide bonds. The molecule has 0 aliphatic carbocycles. The number of rotatable bonds is 7. The fraction of sp³-hybridized carbons (Fsp3) is 0.259. The van der Waals surface area contributed by atoms with Gasteiger partial charge >= 0.3 is 6.03 Å². The SMILES string of the molecule is COc1ccc(CNC(=O)c2ccc(N3CCCC3)c(NC(=O)Nc3ccc(C)cc3Cl)c2)cc1. The van der Waals surface area contributed by atoms with Crippen molar-refractivity contribution in [1.82, 2.24) is 5.32 Å². The van der Waals surface area contributed by atoms with Gasteiger partial charge in [0.2, 0.25) is 0 Å². The Labute approximate surface area is 210 Å². The number of methoxy groups -OCH3 is 1. The van der Waals surface area contributed by atoms with Crippen molar-refractivity contribution in [3.63, 3.8) is 0 Å². The Morgan fingerprint density at radius 3 is 2.34 bits per heavy atom. The second-order valence-corrected chi connectivity index (χ2v) is 8.93. The summed E-state index contributed by atoms with van der Waals surface area (Å²) in [6.45, 7) is 4.13. The minimum Gasteiger partial charge on any atom is -0.497 e. The van der Waals surface area contributed by atoms with Crippen molar-refractivity contribution in [3.05, 3.63) is 82.4 Å². The zero-order valence-corrected chi connectivity index (χ0v) is 20.6. The van der Waals surface area contributed by atoms with Crippen LogP contribution in [0.25, 0.3) is 0 Å². The van der Waals surface area contributed by atoms with Crippen LogP contribution < -0.4 is 25.6 Å². The number of nitrogens with one attached hydrogen (secondary N) is 3. The molecule has 1 aliphatic heterocycles.